The van der Waals surface area contributed by atoms with Crippen LogP contribution in [0, 0.1) is 0 Å². The highest BCUT2D eigenvalue weighted by Crippen LogP contribution is 2.34. The lowest BCUT2D eigenvalue weighted by molar-refractivity contribution is -0.121. The summed E-state index contributed by atoms with van der Waals surface area (Å²) in [6.07, 6.45) is 7.73. The number of carbonyl (C=O) groups is 1. The summed E-state index contributed by atoms with van der Waals surface area (Å²) in [6.45, 7) is 0.0260. The second-order valence-electron chi connectivity index (χ2n) is 8.06. The van der Waals surface area contributed by atoms with Gasteiger partial charge < -0.3 is 5.32 Å². The van der Waals surface area contributed by atoms with Gasteiger partial charge in [0.05, 0.1) is 24.4 Å². The van der Waals surface area contributed by atoms with Crippen molar-refractivity contribution < 1.29 is 13.2 Å². The minimum absolute atomic E-state index is 0.0260. The summed E-state index contributed by atoms with van der Waals surface area (Å²) in [6, 6.07) is 8.82. The molecule has 32 heavy (non-hydrogen) atoms. The molecule has 0 radical (unpaired) electrons. The van der Waals surface area contributed by atoms with Gasteiger partial charge in [0, 0.05) is 31.1 Å². The molecule has 0 bridgehead atoms. The van der Waals surface area contributed by atoms with Gasteiger partial charge in [-0.25, -0.2) is 18.1 Å². The van der Waals surface area contributed by atoms with E-state index in [0.29, 0.717) is 5.92 Å². The van der Waals surface area contributed by atoms with E-state index in [1.54, 1.807) is 7.05 Å². The Hall–Kier alpha value is -2.56. The Morgan fingerprint density at radius 3 is 2.69 bits per heavy atom. The number of benzene rings is 1. The van der Waals surface area contributed by atoms with Gasteiger partial charge in [-0.3, -0.25) is 9.48 Å². The second-order valence-corrected chi connectivity index (χ2v) is 10.8. The van der Waals surface area contributed by atoms with E-state index in [-0.39, 0.29) is 23.8 Å². The third-order valence-electron chi connectivity index (χ3n) is 5.66. The summed E-state index contributed by atoms with van der Waals surface area (Å²) in [5.41, 5.74) is 1.92. The van der Waals surface area contributed by atoms with Crippen LogP contribution in [0.15, 0.2) is 53.0 Å². The Labute approximate surface area is 192 Å². The number of aromatic nitrogens is 3. The third-order valence-corrected chi connectivity index (χ3v) is 7.91. The Kier molecular flexibility index (Phi) is 7.02. The van der Waals surface area contributed by atoms with Crippen LogP contribution in [0.3, 0.4) is 0 Å². The average molecular weight is 474 g/mol. The monoisotopic (exact) mass is 473 g/mol. The lowest BCUT2D eigenvalue weighted by Crippen LogP contribution is -2.38. The van der Waals surface area contributed by atoms with Gasteiger partial charge in [0.1, 0.15) is 9.90 Å². The fraction of sp³-hybridized carbons (Fsp3) is 0.409. The molecule has 2 aromatic heterocycles. The third kappa shape index (κ3) is 5.62. The largest absolute Gasteiger partial charge is 0.348 e. The minimum atomic E-state index is -3.74. The van der Waals surface area contributed by atoms with Gasteiger partial charge in [0.15, 0.2) is 0 Å². The molecular weight excluding hydrogens is 446 g/mol. The predicted molar refractivity (Wildman–Crippen MR) is 123 cm³/mol. The van der Waals surface area contributed by atoms with Crippen LogP contribution in [-0.4, -0.2) is 35.6 Å². The first-order chi connectivity index (χ1) is 15.4. The van der Waals surface area contributed by atoms with E-state index in [1.165, 1.54) is 54.1 Å². The lowest BCUT2D eigenvalue weighted by Gasteiger charge is -2.19. The zero-order valence-corrected chi connectivity index (χ0v) is 19.5. The molecule has 1 fully saturated rings. The first-order valence-corrected chi connectivity index (χ1v) is 13.0. The van der Waals surface area contributed by atoms with Crippen molar-refractivity contribution >= 4 is 27.3 Å². The molecule has 1 aliphatic carbocycles. The lowest BCUT2D eigenvalue weighted by atomic mass is 10.1. The maximum Gasteiger partial charge on any atom is 0.243 e. The molecule has 10 heteroatoms. The first kappa shape index (κ1) is 22.6. The Morgan fingerprint density at radius 1 is 1.25 bits per heavy atom. The molecule has 3 aromatic rings. The van der Waals surface area contributed by atoms with Crippen molar-refractivity contribution in [2.24, 2.45) is 7.05 Å². The normalized spacial score (nSPS) is 15.7. The van der Waals surface area contributed by atoms with E-state index in [4.69, 9.17) is 0 Å². The highest BCUT2D eigenvalue weighted by Gasteiger charge is 2.23. The highest BCUT2D eigenvalue weighted by atomic mass is 32.2. The van der Waals surface area contributed by atoms with Crippen LogP contribution >= 0.6 is 11.3 Å². The summed E-state index contributed by atoms with van der Waals surface area (Å²) in [4.78, 5) is 17.5. The molecule has 0 aliphatic heterocycles. The number of carbonyl (C=O) groups excluding carboxylic acids is 1. The van der Waals surface area contributed by atoms with Gasteiger partial charge in [-0.1, -0.05) is 43.2 Å². The Bertz CT molecular complexity index is 1150. The second kappa shape index (κ2) is 9.93. The first-order valence-electron chi connectivity index (χ1n) is 10.7. The van der Waals surface area contributed by atoms with Crippen molar-refractivity contribution in [2.75, 3.05) is 6.54 Å². The van der Waals surface area contributed by atoms with Crippen LogP contribution in [-0.2, 0) is 28.3 Å². The minimum Gasteiger partial charge on any atom is -0.348 e. The molecule has 1 saturated carbocycles. The highest BCUT2D eigenvalue weighted by molar-refractivity contribution is 7.89. The van der Waals surface area contributed by atoms with Gasteiger partial charge in [0.25, 0.3) is 0 Å². The summed E-state index contributed by atoms with van der Waals surface area (Å²) < 4.78 is 29.2. The number of amides is 1. The molecule has 0 spiro atoms. The number of rotatable bonds is 9. The van der Waals surface area contributed by atoms with Crippen molar-refractivity contribution in [1.29, 1.82) is 0 Å². The Morgan fingerprint density at radius 2 is 2.00 bits per heavy atom. The van der Waals surface area contributed by atoms with E-state index < -0.39 is 16.1 Å². The van der Waals surface area contributed by atoms with E-state index in [2.05, 4.69) is 25.5 Å². The van der Waals surface area contributed by atoms with E-state index in [1.807, 2.05) is 30.3 Å². The van der Waals surface area contributed by atoms with Crippen LogP contribution < -0.4 is 10.0 Å². The molecule has 1 aromatic carbocycles. The summed E-state index contributed by atoms with van der Waals surface area (Å²) >= 11 is 1.51. The van der Waals surface area contributed by atoms with Crippen LogP contribution in [0.2, 0.25) is 0 Å². The molecular formula is C22H27N5O3S2. The average Bonchev–Trinajstić information content (AvgIpc) is 3.53. The maximum atomic E-state index is 12.8. The number of aryl methyl sites for hydroxylation is 1. The molecule has 2 N–H and O–H groups in total. The molecule has 1 unspecified atom stereocenters. The zero-order chi connectivity index (χ0) is 22.6. The van der Waals surface area contributed by atoms with Gasteiger partial charge >= 0.3 is 0 Å². The number of nitrogens with one attached hydrogen (secondary N) is 2. The van der Waals surface area contributed by atoms with Crippen LogP contribution in [0.25, 0.3) is 0 Å². The zero-order valence-electron chi connectivity index (χ0n) is 17.9. The SMILES string of the molecule is Cn1cc(S(=O)(=O)NCC(NC(=O)Cc2nc(C3CCCC3)cs2)c2ccccc2)cn1. The van der Waals surface area contributed by atoms with Crippen molar-refractivity contribution in [3.8, 4) is 0 Å². The summed E-state index contributed by atoms with van der Waals surface area (Å²) in [5, 5.41) is 9.73. The predicted octanol–water partition coefficient (Wildman–Crippen LogP) is 2.91. The smallest absolute Gasteiger partial charge is 0.243 e. The number of hydrogen-bond acceptors (Lipinski definition) is 6. The maximum absolute atomic E-state index is 12.8. The Balaban J connectivity index is 1.42. The number of thiazole rings is 1. The van der Waals surface area contributed by atoms with Crippen LogP contribution in [0.1, 0.15) is 53.9 Å². The van der Waals surface area contributed by atoms with Gasteiger partial charge in [-0.05, 0) is 18.4 Å². The molecule has 170 valence electrons. The summed E-state index contributed by atoms with van der Waals surface area (Å²) in [5.74, 6) is 0.328. The molecule has 1 amide bonds. The number of nitrogens with zero attached hydrogens (tertiary/aromatic N) is 3. The van der Waals surface area contributed by atoms with Gasteiger partial charge in [0.2, 0.25) is 15.9 Å². The number of sulfonamides is 1. The molecule has 1 aliphatic rings. The topological polar surface area (TPSA) is 106 Å². The van der Waals surface area contributed by atoms with Crippen LogP contribution in [0.4, 0.5) is 0 Å². The molecule has 1 atom stereocenters. The van der Waals surface area contributed by atoms with E-state index in [9.17, 15) is 13.2 Å². The van der Waals surface area contributed by atoms with E-state index >= 15 is 0 Å². The van der Waals surface area contributed by atoms with Crippen molar-refractivity contribution in [3.63, 3.8) is 0 Å². The fourth-order valence-electron chi connectivity index (χ4n) is 3.95. The summed E-state index contributed by atoms with van der Waals surface area (Å²) in [7, 11) is -2.08. The quantitative estimate of drug-likeness (QED) is 0.497. The molecule has 0 saturated heterocycles. The van der Waals surface area contributed by atoms with Crippen molar-refractivity contribution in [3.05, 3.63) is 64.4 Å². The van der Waals surface area contributed by atoms with E-state index in [0.717, 1.165) is 16.3 Å². The van der Waals surface area contributed by atoms with Crippen molar-refractivity contribution in [2.45, 2.75) is 49.0 Å². The van der Waals surface area contributed by atoms with Crippen molar-refractivity contribution in [1.82, 2.24) is 24.8 Å². The number of hydrogen-bond donors (Lipinski definition) is 2. The van der Waals surface area contributed by atoms with Gasteiger partial charge in [-0.15, -0.1) is 11.3 Å². The molecule has 2 heterocycles. The molecule has 8 nitrogen and oxygen atoms in total. The molecule has 4 rings (SSSR count). The standard InChI is InChI=1S/C22H27N5O3S2/c1-27-14-18(12-23-27)32(29,30)24-13-19(16-7-3-2-4-8-16)25-21(28)11-22-26-20(15-31-22)17-9-5-6-10-17/h2-4,7-8,12,14-15,17,19,24H,5-6,9-11,13H2,1H3,(H,25,28). The fourth-order valence-corrected chi connectivity index (χ4v) is 5.85. The van der Waals surface area contributed by atoms with Gasteiger partial charge in [-0.2, -0.15) is 5.10 Å². The van der Waals surface area contributed by atoms with Crippen LogP contribution in [0.5, 0.6) is 0 Å².